The van der Waals surface area contributed by atoms with Crippen LogP contribution in [0.15, 0.2) is 46.9 Å². The van der Waals surface area contributed by atoms with Gasteiger partial charge in [0.2, 0.25) is 0 Å². The van der Waals surface area contributed by atoms with Crippen LogP contribution in [0.2, 0.25) is 0 Å². The lowest BCUT2D eigenvalue weighted by Gasteiger charge is -2.08. The zero-order valence-electron chi connectivity index (χ0n) is 10.7. The van der Waals surface area contributed by atoms with Crippen molar-refractivity contribution in [2.45, 2.75) is 5.75 Å². The van der Waals surface area contributed by atoms with Crippen LogP contribution in [0.3, 0.4) is 0 Å². The largest absolute Gasteiger partial charge is 0.507 e. The number of benzene rings is 2. The Morgan fingerprint density at radius 3 is 2.62 bits per heavy atom. The van der Waals surface area contributed by atoms with E-state index in [0.717, 1.165) is 0 Å². The minimum atomic E-state index is -3.93. The standard InChI is InChI=1S/C14H10BrNO4S/c15-12-6-5-10(7-13(12)17)9-21(18,19)20-14-4-2-1-3-11(14)8-16/h1-7,17H,9H2. The number of nitriles is 1. The second-order valence-electron chi connectivity index (χ2n) is 4.18. The van der Waals surface area contributed by atoms with E-state index in [-0.39, 0.29) is 17.1 Å². The predicted octanol–water partition coefficient (Wildman–Crippen LogP) is 2.94. The molecule has 21 heavy (non-hydrogen) atoms. The maximum atomic E-state index is 12.0. The molecule has 0 aromatic heterocycles. The van der Waals surface area contributed by atoms with Gasteiger partial charge in [-0.2, -0.15) is 13.7 Å². The third kappa shape index (κ3) is 3.97. The monoisotopic (exact) mass is 367 g/mol. The summed E-state index contributed by atoms with van der Waals surface area (Å²) >= 11 is 3.11. The van der Waals surface area contributed by atoms with Gasteiger partial charge in [0.15, 0.2) is 5.75 Å². The smallest absolute Gasteiger partial charge is 0.313 e. The molecule has 2 aromatic rings. The molecule has 0 amide bonds. The lowest BCUT2D eigenvalue weighted by Crippen LogP contribution is -2.12. The molecule has 0 atom stereocenters. The summed E-state index contributed by atoms with van der Waals surface area (Å²) in [6.45, 7) is 0. The number of para-hydroxylation sites is 1. The number of nitrogens with zero attached hydrogens (tertiary/aromatic N) is 1. The molecular weight excluding hydrogens is 358 g/mol. The van der Waals surface area contributed by atoms with Gasteiger partial charge < -0.3 is 9.29 Å². The first-order chi connectivity index (χ1) is 9.91. The first-order valence-electron chi connectivity index (χ1n) is 5.80. The first kappa shape index (κ1) is 15.4. The molecule has 0 aliphatic carbocycles. The number of phenols is 1. The number of hydrogen-bond acceptors (Lipinski definition) is 5. The second-order valence-corrected chi connectivity index (χ2v) is 6.60. The highest BCUT2D eigenvalue weighted by atomic mass is 79.9. The number of hydrogen-bond donors (Lipinski definition) is 1. The van der Waals surface area contributed by atoms with Crippen molar-refractivity contribution in [2.75, 3.05) is 0 Å². The quantitative estimate of drug-likeness (QED) is 0.839. The molecule has 108 valence electrons. The Hall–Kier alpha value is -2.04. The molecule has 0 unspecified atom stereocenters. The van der Waals surface area contributed by atoms with Crippen molar-refractivity contribution in [3.63, 3.8) is 0 Å². The van der Waals surface area contributed by atoms with Gasteiger partial charge >= 0.3 is 10.1 Å². The third-order valence-corrected chi connectivity index (χ3v) is 4.37. The van der Waals surface area contributed by atoms with Gasteiger partial charge in [-0.15, -0.1) is 0 Å². The van der Waals surface area contributed by atoms with Gasteiger partial charge in [0, 0.05) is 0 Å². The minimum Gasteiger partial charge on any atom is -0.507 e. The van der Waals surface area contributed by atoms with Gasteiger partial charge in [0.1, 0.15) is 17.6 Å². The second kappa shape index (κ2) is 6.16. The zero-order valence-corrected chi connectivity index (χ0v) is 13.1. The Morgan fingerprint density at radius 2 is 1.95 bits per heavy atom. The van der Waals surface area contributed by atoms with Gasteiger partial charge in [0.25, 0.3) is 0 Å². The molecule has 0 aliphatic heterocycles. The van der Waals surface area contributed by atoms with Crippen molar-refractivity contribution >= 4 is 26.0 Å². The van der Waals surface area contributed by atoms with Crippen molar-refractivity contribution in [3.8, 4) is 17.6 Å². The van der Waals surface area contributed by atoms with Gasteiger partial charge in [-0.05, 0) is 45.8 Å². The molecule has 5 nitrogen and oxygen atoms in total. The van der Waals surface area contributed by atoms with E-state index in [9.17, 15) is 13.5 Å². The van der Waals surface area contributed by atoms with E-state index in [2.05, 4.69) is 15.9 Å². The van der Waals surface area contributed by atoms with Crippen molar-refractivity contribution in [2.24, 2.45) is 0 Å². The summed E-state index contributed by atoms with van der Waals surface area (Å²) < 4.78 is 29.4. The highest BCUT2D eigenvalue weighted by Gasteiger charge is 2.17. The molecule has 0 saturated heterocycles. The Morgan fingerprint density at radius 1 is 1.24 bits per heavy atom. The van der Waals surface area contributed by atoms with E-state index in [4.69, 9.17) is 9.44 Å². The minimum absolute atomic E-state index is 0.0127. The van der Waals surface area contributed by atoms with Crippen LogP contribution >= 0.6 is 15.9 Å². The summed E-state index contributed by atoms with van der Waals surface area (Å²) in [5.74, 6) is -0.477. The van der Waals surface area contributed by atoms with E-state index in [1.165, 1.54) is 18.2 Å². The molecule has 0 radical (unpaired) electrons. The Kier molecular flexibility index (Phi) is 4.50. The van der Waals surface area contributed by atoms with Crippen molar-refractivity contribution in [1.29, 1.82) is 5.26 Å². The molecule has 0 heterocycles. The first-order valence-corrected chi connectivity index (χ1v) is 8.17. The molecule has 0 aliphatic rings. The van der Waals surface area contributed by atoms with Crippen LogP contribution in [0.25, 0.3) is 0 Å². The number of phenolic OH excluding ortho intramolecular Hbond substituents is 1. The molecule has 1 N–H and O–H groups in total. The molecule has 0 spiro atoms. The van der Waals surface area contributed by atoms with Crippen LogP contribution in [-0.4, -0.2) is 13.5 Å². The summed E-state index contributed by atoms with van der Waals surface area (Å²) in [6.07, 6.45) is 0. The normalized spacial score (nSPS) is 10.9. The number of rotatable bonds is 4. The fourth-order valence-electron chi connectivity index (χ4n) is 1.65. The van der Waals surface area contributed by atoms with Gasteiger partial charge in [-0.1, -0.05) is 18.2 Å². The molecule has 2 aromatic carbocycles. The van der Waals surface area contributed by atoms with Crippen LogP contribution in [-0.2, 0) is 15.9 Å². The summed E-state index contributed by atoms with van der Waals surface area (Å²) in [6, 6.07) is 12.4. The summed E-state index contributed by atoms with van der Waals surface area (Å²) in [5, 5.41) is 18.5. The predicted molar refractivity (Wildman–Crippen MR) is 80.2 cm³/mol. The van der Waals surface area contributed by atoms with Crippen molar-refractivity contribution < 1.29 is 17.7 Å². The maximum absolute atomic E-state index is 12.0. The third-order valence-electron chi connectivity index (χ3n) is 2.58. The lowest BCUT2D eigenvalue weighted by molar-refractivity contribution is 0.470. The van der Waals surface area contributed by atoms with Gasteiger partial charge in [0.05, 0.1) is 10.0 Å². The van der Waals surface area contributed by atoms with Crippen LogP contribution in [0.5, 0.6) is 11.5 Å². The highest BCUT2D eigenvalue weighted by molar-refractivity contribution is 9.10. The topological polar surface area (TPSA) is 87.4 Å². The summed E-state index contributed by atoms with van der Waals surface area (Å²) in [7, 11) is -3.93. The fraction of sp³-hybridized carbons (Fsp3) is 0.0714. The van der Waals surface area contributed by atoms with E-state index < -0.39 is 15.9 Å². The molecule has 2 rings (SSSR count). The molecule has 0 fully saturated rings. The van der Waals surface area contributed by atoms with Crippen LogP contribution in [0.1, 0.15) is 11.1 Å². The Balaban J connectivity index is 2.23. The van der Waals surface area contributed by atoms with Crippen LogP contribution in [0, 0.1) is 11.3 Å². The molecule has 0 bridgehead atoms. The van der Waals surface area contributed by atoms with E-state index in [0.29, 0.717) is 10.0 Å². The Bertz CT molecular complexity index is 812. The SMILES string of the molecule is N#Cc1ccccc1OS(=O)(=O)Cc1ccc(Br)c(O)c1. The van der Waals surface area contributed by atoms with E-state index in [1.54, 1.807) is 24.3 Å². The molecule has 0 saturated carbocycles. The lowest BCUT2D eigenvalue weighted by atomic mass is 10.2. The maximum Gasteiger partial charge on any atom is 0.313 e. The number of halogens is 1. The fourth-order valence-corrected chi connectivity index (χ4v) is 2.96. The average Bonchev–Trinajstić information content (AvgIpc) is 2.43. The highest BCUT2D eigenvalue weighted by Crippen LogP contribution is 2.26. The van der Waals surface area contributed by atoms with Crippen LogP contribution in [0.4, 0.5) is 0 Å². The van der Waals surface area contributed by atoms with E-state index >= 15 is 0 Å². The van der Waals surface area contributed by atoms with Gasteiger partial charge in [-0.25, -0.2) is 0 Å². The summed E-state index contributed by atoms with van der Waals surface area (Å²) in [5.41, 5.74) is 0.518. The van der Waals surface area contributed by atoms with Crippen molar-refractivity contribution in [1.82, 2.24) is 0 Å². The number of aromatic hydroxyl groups is 1. The van der Waals surface area contributed by atoms with Gasteiger partial charge in [-0.3, -0.25) is 0 Å². The zero-order chi connectivity index (χ0) is 15.5. The summed E-state index contributed by atoms with van der Waals surface area (Å²) in [4.78, 5) is 0. The van der Waals surface area contributed by atoms with Crippen molar-refractivity contribution in [3.05, 3.63) is 58.1 Å². The Labute approximate surface area is 130 Å². The van der Waals surface area contributed by atoms with Crippen LogP contribution < -0.4 is 4.18 Å². The van der Waals surface area contributed by atoms with E-state index in [1.807, 2.05) is 6.07 Å². The average molecular weight is 368 g/mol. The molecular formula is C14H10BrNO4S. The molecule has 7 heteroatoms.